The minimum Gasteiger partial charge on any atom is -0.542 e. The maximum absolute atomic E-state index is 9.48. The monoisotopic (exact) mass is 169 g/mol. The maximum Gasteiger partial charge on any atom is 1.00 e. The first-order chi connectivity index (χ1) is 4.37. The predicted octanol–water partition coefficient (Wildman–Crippen LogP) is -5.18. The number of hydrogen-bond donors (Lipinski definition) is 1. The number of primary amides is 1. The molecule has 0 saturated carbocycles. The van der Waals surface area contributed by atoms with Crippen molar-refractivity contribution in [3.05, 3.63) is 0 Å². The number of carboxylic acid groups (broad SMARTS) is 1. The van der Waals surface area contributed by atoms with Crippen LogP contribution in [0.5, 0.6) is 0 Å². The van der Waals surface area contributed by atoms with Gasteiger partial charge in [0.05, 0.1) is 0 Å². The molecule has 0 aromatic rings. The van der Waals surface area contributed by atoms with E-state index in [-0.39, 0.29) is 35.5 Å². The van der Waals surface area contributed by atoms with E-state index in [9.17, 15) is 19.5 Å². The van der Waals surface area contributed by atoms with Crippen LogP contribution in [0, 0.1) is 0 Å². The third-order valence-corrected chi connectivity index (χ3v) is 0.287. The van der Waals surface area contributed by atoms with E-state index in [1.807, 2.05) is 0 Å². The van der Waals surface area contributed by atoms with E-state index in [0.29, 0.717) is 0 Å². The van der Waals surface area contributed by atoms with Gasteiger partial charge in [0.1, 0.15) is 5.97 Å². The summed E-state index contributed by atoms with van der Waals surface area (Å²) in [6, 6.07) is 0. The van der Waals surface area contributed by atoms with Crippen LogP contribution in [0.3, 0.4) is 0 Å². The summed E-state index contributed by atoms with van der Waals surface area (Å²) in [4.78, 5) is 27.9. The van der Waals surface area contributed by atoms with Crippen molar-refractivity contribution in [3.63, 3.8) is 0 Å². The Balaban J connectivity index is -0.000000114. The first kappa shape index (κ1) is 16.9. The van der Waals surface area contributed by atoms with Crippen LogP contribution >= 0.6 is 0 Å². The third-order valence-electron chi connectivity index (χ3n) is 0.287. The van der Waals surface area contributed by atoms with E-state index in [1.54, 1.807) is 0 Å². The Morgan fingerprint density at radius 1 is 1.18 bits per heavy atom. The standard InChI is InChI=1S/C3H4O3.C2H5NO.Na/c1-2(4)3(5)6;1-2(3)4;/h1H3,(H,5,6);1H3,(H2,3,4);/q;;+1/p-1. The molecular weight excluding hydrogens is 161 g/mol. The summed E-state index contributed by atoms with van der Waals surface area (Å²) in [5.41, 5.74) is 4.47. The minimum atomic E-state index is -1.63. The zero-order chi connectivity index (χ0) is 8.73. The maximum atomic E-state index is 9.48. The summed E-state index contributed by atoms with van der Waals surface area (Å²) < 4.78 is 0. The fourth-order valence-electron chi connectivity index (χ4n) is 0. The van der Waals surface area contributed by atoms with Crippen LogP contribution in [0.2, 0.25) is 0 Å². The second-order valence-electron chi connectivity index (χ2n) is 1.45. The van der Waals surface area contributed by atoms with Crippen LogP contribution in [-0.2, 0) is 14.4 Å². The Labute approximate surface area is 86.2 Å². The molecule has 0 fully saturated rings. The summed E-state index contributed by atoms with van der Waals surface area (Å²) in [6.45, 7) is 2.25. The molecule has 6 heteroatoms. The SMILES string of the molecule is CC(=O)C(=O)[O-].CC(N)=O.[Na+]. The smallest absolute Gasteiger partial charge is 0.542 e. The number of carbonyl (C=O) groups excluding carboxylic acids is 3. The number of carbonyl (C=O) groups is 3. The molecule has 58 valence electrons. The van der Waals surface area contributed by atoms with Crippen molar-refractivity contribution in [1.82, 2.24) is 0 Å². The molecule has 0 atom stereocenters. The first-order valence-electron chi connectivity index (χ1n) is 2.36. The molecule has 5 nitrogen and oxygen atoms in total. The van der Waals surface area contributed by atoms with Gasteiger partial charge in [-0.1, -0.05) is 0 Å². The number of ketones is 1. The summed E-state index contributed by atoms with van der Waals surface area (Å²) in [6.07, 6.45) is 0. The minimum absolute atomic E-state index is 0. The first-order valence-corrected chi connectivity index (χ1v) is 2.36. The van der Waals surface area contributed by atoms with Gasteiger partial charge in [0, 0.05) is 13.8 Å². The molecule has 1 amide bonds. The molecule has 0 aliphatic carbocycles. The van der Waals surface area contributed by atoms with Crippen LogP contribution in [0.25, 0.3) is 0 Å². The molecular formula is C5H8NNaO4. The van der Waals surface area contributed by atoms with Crippen LogP contribution in [0.15, 0.2) is 0 Å². The molecule has 0 aliphatic heterocycles. The van der Waals surface area contributed by atoms with Crippen LogP contribution < -0.4 is 40.4 Å². The Bertz CT molecular complexity index is 141. The number of nitrogens with two attached hydrogens (primary N) is 1. The molecule has 0 aliphatic rings. The summed E-state index contributed by atoms with van der Waals surface area (Å²) in [5, 5.41) is 9.24. The van der Waals surface area contributed by atoms with Crippen molar-refractivity contribution in [1.29, 1.82) is 0 Å². The van der Waals surface area contributed by atoms with Gasteiger partial charge < -0.3 is 15.6 Å². The molecule has 0 spiro atoms. The second kappa shape index (κ2) is 9.61. The average Bonchev–Trinajstić information content (AvgIpc) is 1.63. The van der Waals surface area contributed by atoms with Crippen molar-refractivity contribution in [2.75, 3.05) is 0 Å². The van der Waals surface area contributed by atoms with Gasteiger partial charge in [-0.25, -0.2) is 0 Å². The van der Waals surface area contributed by atoms with Gasteiger partial charge in [0.2, 0.25) is 5.91 Å². The third kappa shape index (κ3) is 42.7. The number of amides is 1. The summed E-state index contributed by atoms with van der Waals surface area (Å²) >= 11 is 0. The van der Waals surface area contributed by atoms with E-state index in [1.165, 1.54) is 6.92 Å². The van der Waals surface area contributed by atoms with Gasteiger partial charge in [-0.05, 0) is 0 Å². The fourth-order valence-corrected chi connectivity index (χ4v) is 0. The van der Waals surface area contributed by atoms with Gasteiger partial charge in [-0.2, -0.15) is 0 Å². The Kier molecular flexibility index (Phi) is 14.8. The fraction of sp³-hybridized carbons (Fsp3) is 0.400. The number of rotatable bonds is 1. The topological polar surface area (TPSA) is 100 Å². The predicted molar refractivity (Wildman–Crippen MR) is 30.6 cm³/mol. The van der Waals surface area contributed by atoms with Crippen LogP contribution in [0.1, 0.15) is 13.8 Å². The largest absolute Gasteiger partial charge is 1.00 e. The van der Waals surface area contributed by atoms with Crippen LogP contribution in [-0.4, -0.2) is 17.7 Å². The molecule has 0 aromatic carbocycles. The van der Waals surface area contributed by atoms with Crippen molar-refractivity contribution in [2.45, 2.75) is 13.8 Å². The van der Waals surface area contributed by atoms with E-state index >= 15 is 0 Å². The molecule has 0 heterocycles. The molecule has 0 unspecified atom stereocenters. The normalized spacial score (nSPS) is 6.36. The molecule has 0 radical (unpaired) electrons. The van der Waals surface area contributed by atoms with Gasteiger partial charge in [-0.3, -0.25) is 9.59 Å². The number of hydrogen-bond acceptors (Lipinski definition) is 4. The molecule has 0 aromatic heterocycles. The molecule has 0 bridgehead atoms. The number of carboxylic acids is 1. The Hall–Kier alpha value is -0.390. The zero-order valence-electron chi connectivity index (χ0n) is 6.71. The van der Waals surface area contributed by atoms with E-state index in [0.717, 1.165) is 6.92 Å². The Morgan fingerprint density at radius 2 is 1.27 bits per heavy atom. The average molecular weight is 169 g/mol. The van der Waals surface area contributed by atoms with E-state index in [4.69, 9.17) is 0 Å². The molecule has 11 heavy (non-hydrogen) atoms. The zero-order valence-corrected chi connectivity index (χ0v) is 8.71. The van der Waals surface area contributed by atoms with Gasteiger partial charge >= 0.3 is 29.6 Å². The number of aliphatic carboxylic acids is 1. The van der Waals surface area contributed by atoms with E-state index in [2.05, 4.69) is 5.73 Å². The van der Waals surface area contributed by atoms with Crippen LogP contribution in [0.4, 0.5) is 0 Å². The van der Waals surface area contributed by atoms with Crippen molar-refractivity contribution >= 4 is 17.7 Å². The van der Waals surface area contributed by atoms with Gasteiger partial charge in [0.15, 0.2) is 5.78 Å². The summed E-state index contributed by atoms with van der Waals surface area (Å²) in [7, 11) is 0. The second-order valence-corrected chi connectivity index (χ2v) is 1.45. The molecule has 0 saturated heterocycles. The quantitative estimate of drug-likeness (QED) is 0.313. The van der Waals surface area contributed by atoms with Gasteiger partial charge in [0.25, 0.3) is 0 Å². The molecule has 0 rings (SSSR count). The Morgan fingerprint density at radius 3 is 1.27 bits per heavy atom. The number of Topliss-reactive ketones (excluding diaryl/α,β-unsaturated/α-hetero) is 1. The van der Waals surface area contributed by atoms with Crippen molar-refractivity contribution in [3.8, 4) is 0 Å². The van der Waals surface area contributed by atoms with E-state index < -0.39 is 11.8 Å². The van der Waals surface area contributed by atoms with Crippen molar-refractivity contribution < 1.29 is 49.0 Å². The molecule has 2 N–H and O–H groups in total. The van der Waals surface area contributed by atoms with Crippen molar-refractivity contribution in [2.24, 2.45) is 5.73 Å². The summed E-state index contributed by atoms with van der Waals surface area (Å²) in [5.74, 6) is -2.90. The van der Waals surface area contributed by atoms with Gasteiger partial charge in [-0.15, -0.1) is 0 Å².